The summed E-state index contributed by atoms with van der Waals surface area (Å²) in [6.45, 7) is 4.28. The van der Waals surface area contributed by atoms with Crippen molar-refractivity contribution in [2.24, 2.45) is 0 Å². The average molecular weight is 232 g/mol. The quantitative estimate of drug-likeness (QED) is 0.534. The molecule has 1 aliphatic rings. The second-order valence-electron chi connectivity index (χ2n) is 3.48. The van der Waals surface area contributed by atoms with Crippen molar-refractivity contribution in [2.45, 2.75) is 32.3 Å². The smallest absolute Gasteiger partial charge is 0.431 e. The molecule has 1 heterocycles. The number of carbonyl (C=O) groups is 2. The van der Waals surface area contributed by atoms with Gasteiger partial charge >= 0.3 is 12.3 Å². The summed E-state index contributed by atoms with van der Waals surface area (Å²) in [5, 5.41) is 0. The lowest BCUT2D eigenvalue weighted by Crippen LogP contribution is -2.40. The zero-order valence-electron chi connectivity index (χ0n) is 9.49. The number of hydrogen-bond acceptors (Lipinski definition) is 6. The standard InChI is InChI=1S/C10H16O6/c1-3-10(4-2)7-14-9(12)16-8(11)13-5-6-15-10/h3-7H2,1-2H3. The Morgan fingerprint density at radius 1 is 1.06 bits per heavy atom. The molecule has 0 saturated carbocycles. The summed E-state index contributed by atoms with van der Waals surface area (Å²) < 4.78 is 19.2. The van der Waals surface area contributed by atoms with Crippen LogP contribution in [-0.4, -0.2) is 37.7 Å². The van der Waals surface area contributed by atoms with Crippen LogP contribution in [0.2, 0.25) is 0 Å². The van der Waals surface area contributed by atoms with Crippen LogP contribution in [0.4, 0.5) is 9.59 Å². The van der Waals surface area contributed by atoms with Gasteiger partial charge in [-0.05, 0) is 12.8 Å². The van der Waals surface area contributed by atoms with E-state index < -0.39 is 17.9 Å². The minimum Gasteiger partial charge on any atom is -0.431 e. The lowest BCUT2D eigenvalue weighted by Gasteiger charge is -2.31. The molecule has 1 aliphatic heterocycles. The molecule has 0 amide bonds. The van der Waals surface area contributed by atoms with Crippen LogP contribution in [0.25, 0.3) is 0 Å². The highest BCUT2D eigenvalue weighted by molar-refractivity contribution is 5.76. The number of ether oxygens (including phenoxy) is 4. The van der Waals surface area contributed by atoms with Crippen molar-refractivity contribution in [1.82, 2.24) is 0 Å². The van der Waals surface area contributed by atoms with Gasteiger partial charge in [0.15, 0.2) is 0 Å². The van der Waals surface area contributed by atoms with Gasteiger partial charge in [0.2, 0.25) is 0 Å². The van der Waals surface area contributed by atoms with Gasteiger partial charge in [-0.1, -0.05) is 13.8 Å². The van der Waals surface area contributed by atoms with Gasteiger partial charge in [0.1, 0.15) is 18.8 Å². The predicted molar refractivity (Wildman–Crippen MR) is 53.0 cm³/mol. The maximum absolute atomic E-state index is 11.0. The molecule has 0 aliphatic carbocycles. The van der Waals surface area contributed by atoms with E-state index in [4.69, 9.17) is 9.47 Å². The first-order valence-electron chi connectivity index (χ1n) is 5.27. The molecule has 0 aromatic carbocycles. The largest absolute Gasteiger partial charge is 0.518 e. The molecule has 0 N–H and O–H groups in total. The van der Waals surface area contributed by atoms with Crippen LogP contribution in [0.3, 0.4) is 0 Å². The first kappa shape index (κ1) is 12.8. The summed E-state index contributed by atoms with van der Waals surface area (Å²) in [5.41, 5.74) is -0.525. The fraction of sp³-hybridized carbons (Fsp3) is 0.800. The molecule has 0 atom stereocenters. The zero-order chi connectivity index (χ0) is 12.0. The second kappa shape index (κ2) is 5.69. The Kier molecular flexibility index (Phi) is 4.54. The number of hydrogen-bond donors (Lipinski definition) is 0. The Morgan fingerprint density at radius 2 is 1.69 bits per heavy atom. The summed E-state index contributed by atoms with van der Waals surface area (Å²) in [5.74, 6) is 0. The molecule has 1 saturated heterocycles. The topological polar surface area (TPSA) is 71.1 Å². The van der Waals surface area contributed by atoms with Crippen LogP contribution < -0.4 is 0 Å². The number of cyclic esters (lactones) is 4. The molecule has 92 valence electrons. The van der Waals surface area contributed by atoms with Crippen molar-refractivity contribution in [3.63, 3.8) is 0 Å². The summed E-state index contributed by atoms with van der Waals surface area (Å²) in [6, 6.07) is 0. The third-order valence-electron chi connectivity index (χ3n) is 2.62. The lowest BCUT2D eigenvalue weighted by molar-refractivity contribution is -0.112. The van der Waals surface area contributed by atoms with Crippen molar-refractivity contribution in [3.05, 3.63) is 0 Å². The molecule has 6 heteroatoms. The monoisotopic (exact) mass is 232 g/mol. The zero-order valence-corrected chi connectivity index (χ0v) is 9.49. The Labute approximate surface area is 93.8 Å². The van der Waals surface area contributed by atoms with E-state index in [1.165, 1.54) is 0 Å². The van der Waals surface area contributed by atoms with Crippen LogP contribution in [-0.2, 0) is 18.9 Å². The van der Waals surface area contributed by atoms with Crippen LogP contribution in [0.15, 0.2) is 0 Å². The maximum Gasteiger partial charge on any atom is 0.518 e. The second-order valence-corrected chi connectivity index (χ2v) is 3.48. The summed E-state index contributed by atoms with van der Waals surface area (Å²) in [7, 11) is 0. The summed E-state index contributed by atoms with van der Waals surface area (Å²) in [4.78, 5) is 21.8. The highest BCUT2D eigenvalue weighted by Gasteiger charge is 2.31. The van der Waals surface area contributed by atoms with Crippen molar-refractivity contribution in [3.8, 4) is 0 Å². The van der Waals surface area contributed by atoms with E-state index in [-0.39, 0.29) is 19.8 Å². The normalized spacial score (nSPS) is 21.6. The third-order valence-corrected chi connectivity index (χ3v) is 2.62. The molecule has 16 heavy (non-hydrogen) atoms. The lowest BCUT2D eigenvalue weighted by atomic mass is 9.98. The van der Waals surface area contributed by atoms with Crippen molar-refractivity contribution in [1.29, 1.82) is 0 Å². The first-order chi connectivity index (χ1) is 7.62. The van der Waals surface area contributed by atoms with Gasteiger partial charge in [0.05, 0.1) is 6.61 Å². The molecule has 1 fully saturated rings. The van der Waals surface area contributed by atoms with E-state index in [0.717, 1.165) is 0 Å². The first-order valence-corrected chi connectivity index (χ1v) is 5.27. The maximum atomic E-state index is 11.0. The molecule has 6 nitrogen and oxygen atoms in total. The Bertz CT molecular complexity index is 258. The highest BCUT2D eigenvalue weighted by Crippen LogP contribution is 2.21. The minimum atomic E-state index is -1.06. The van der Waals surface area contributed by atoms with E-state index >= 15 is 0 Å². The van der Waals surface area contributed by atoms with E-state index in [0.29, 0.717) is 12.8 Å². The van der Waals surface area contributed by atoms with E-state index in [1.54, 1.807) is 0 Å². The van der Waals surface area contributed by atoms with Crippen LogP contribution in [0.5, 0.6) is 0 Å². The van der Waals surface area contributed by atoms with Crippen molar-refractivity contribution < 1.29 is 28.5 Å². The van der Waals surface area contributed by atoms with Gasteiger partial charge < -0.3 is 18.9 Å². The van der Waals surface area contributed by atoms with Gasteiger partial charge in [-0.2, -0.15) is 0 Å². The molecule has 1 rings (SSSR count). The number of carbonyl (C=O) groups excluding carboxylic acids is 2. The third kappa shape index (κ3) is 3.37. The van der Waals surface area contributed by atoms with E-state index in [2.05, 4.69) is 9.47 Å². The van der Waals surface area contributed by atoms with E-state index in [1.807, 2.05) is 13.8 Å². The Balaban J connectivity index is 2.64. The molecule has 0 radical (unpaired) electrons. The Morgan fingerprint density at radius 3 is 2.31 bits per heavy atom. The summed E-state index contributed by atoms with van der Waals surface area (Å²) in [6.07, 6.45) is -0.717. The average Bonchev–Trinajstić information content (AvgIpc) is 2.28. The SMILES string of the molecule is CCC1(CC)COC(=O)OC(=O)OCCO1. The molecular formula is C10H16O6. The number of rotatable bonds is 2. The molecule has 0 aromatic heterocycles. The van der Waals surface area contributed by atoms with Gasteiger partial charge in [-0.15, -0.1) is 0 Å². The van der Waals surface area contributed by atoms with Crippen LogP contribution >= 0.6 is 0 Å². The van der Waals surface area contributed by atoms with Gasteiger partial charge in [0, 0.05) is 0 Å². The van der Waals surface area contributed by atoms with Crippen LogP contribution in [0.1, 0.15) is 26.7 Å². The van der Waals surface area contributed by atoms with Gasteiger partial charge in [0.25, 0.3) is 0 Å². The van der Waals surface area contributed by atoms with Gasteiger partial charge in [-0.3, -0.25) is 0 Å². The van der Waals surface area contributed by atoms with Gasteiger partial charge in [-0.25, -0.2) is 9.59 Å². The van der Waals surface area contributed by atoms with Crippen LogP contribution in [0, 0.1) is 0 Å². The van der Waals surface area contributed by atoms with E-state index in [9.17, 15) is 9.59 Å². The fourth-order valence-electron chi connectivity index (χ4n) is 1.40. The van der Waals surface area contributed by atoms with Crippen molar-refractivity contribution >= 4 is 12.3 Å². The predicted octanol–water partition coefficient (Wildman–Crippen LogP) is 1.87. The summed E-state index contributed by atoms with van der Waals surface area (Å²) >= 11 is 0. The Hall–Kier alpha value is -1.30. The minimum absolute atomic E-state index is 0.0634. The molecular weight excluding hydrogens is 216 g/mol. The highest BCUT2D eigenvalue weighted by atomic mass is 16.8. The molecule has 0 aromatic rings. The molecule has 0 spiro atoms. The van der Waals surface area contributed by atoms with Crippen molar-refractivity contribution in [2.75, 3.05) is 19.8 Å². The fourth-order valence-corrected chi connectivity index (χ4v) is 1.40. The molecule has 0 bridgehead atoms. The molecule has 0 unspecified atom stereocenters.